The first-order chi connectivity index (χ1) is 14.8. The van der Waals surface area contributed by atoms with E-state index in [0.717, 1.165) is 0 Å². The molecule has 2 nitrogen and oxygen atoms in total. The number of rotatable bonds is 2. The predicted molar refractivity (Wildman–Crippen MR) is 126 cm³/mol. The highest BCUT2D eigenvalue weighted by Crippen LogP contribution is 2.53. The summed E-state index contributed by atoms with van der Waals surface area (Å²) in [4.78, 5) is 4.98. The maximum atomic E-state index is 2.43. The fourth-order valence-corrected chi connectivity index (χ4v) is 5.38. The van der Waals surface area contributed by atoms with Crippen LogP contribution in [-0.2, 0) is 0 Å². The molecule has 2 aromatic heterocycles. The molecule has 0 unspecified atom stereocenters. The lowest BCUT2D eigenvalue weighted by Gasteiger charge is -2.33. The van der Waals surface area contributed by atoms with Gasteiger partial charge in [0.05, 0.1) is 16.9 Å². The highest BCUT2D eigenvalue weighted by molar-refractivity contribution is 7.99. The number of benzene rings is 3. The monoisotopic (exact) mass is 404 g/mol. The highest BCUT2D eigenvalue weighted by atomic mass is 32.2. The fraction of sp³-hybridized carbons (Fsp3) is 0.0370. The number of pyridine rings is 1. The summed E-state index contributed by atoms with van der Waals surface area (Å²) in [5.74, 6) is 1.18. The fourth-order valence-electron chi connectivity index (χ4n) is 4.32. The molecule has 0 saturated heterocycles. The average Bonchev–Trinajstić information content (AvgIpc) is 3.18. The van der Waals surface area contributed by atoms with Gasteiger partial charge in [-0.3, -0.25) is 4.90 Å². The molecule has 5 aromatic rings. The second-order valence-corrected chi connectivity index (χ2v) is 8.65. The second-order valence-electron chi connectivity index (χ2n) is 7.57. The average molecular weight is 405 g/mol. The largest absolute Gasteiger partial charge is 0.302 e. The van der Waals surface area contributed by atoms with Crippen molar-refractivity contribution in [2.45, 2.75) is 16.7 Å². The summed E-state index contributed by atoms with van der Waals surface area (Å²) in [6.45, 7) is 2.18. The van der Waals surface area contributed by atoms with Gasteiger partial charge in [0, 0.05) is 21.6 Å². The van der Waals surface area contributed by atoms with Crippen LogP contribution in [0.15, 0.2) is 113 Å². The Morgan fingerprint density at radius 1 is 0.667 bits per heavy atom. The molecule has 0 bridgehead atoms. The number of aryl methyl sites for hydroxylation is 1. The van der Waals surface area contributed by atoms with Crippen LogP contribution >= 0.6 is 11.8 Å². The molecule has 0 atom stereocenters. The van der Waals surface area contributed by atoms with E-state index in [9.17, 15) is 0 Å². The van der Waals surface area contributed by atoms with Crippen molar-refractivity contribution in [3.8, 4) is 11.1 Å². The maximum absolute atomic E-state index is 2.43. The normalized spacial score (nSPS) is 12.6. The van der Waals surface area contributed by atoms with E-state index in [1.165, 1.54) is 49.2 Å². The quantitative estimate of drug-likeness (QED) is 0.290. The van der Waals surface area contributed by atoms with Gasteiger partial charge in [-0.25, -0.2) is 0 Å². The van der Waals surface area contributed by atoms with Gasteiger partial charge in [0.25, 0.3) is 0 Å². The van der Waals surface area contributed by atoms with E-state index in [1.807, 2.05) is 11.8 Å². The Hall–Kier alpha value is -3.43. The van der Waals surface area contributed by atoms with Gasteiger partial charge in [0.15, 0.2) is 0 Å². The van der Waals surface area contributed by atoms with Crippen LogP contribution in [-0.4, -0.2) is 4.40 Å². The van der Waals surface area contributed by atoms with Gasteiger partial charge in [-0.15, -0.1) is 0 Å². The number of aromatic nitrogens is 1. The van der Waals surface area contributed by atoms with Gasteiger partial charge in [-0.1, -0.05) is 72.4 Å². The number of hydrogen-bond donors (Lipinski definition) is 0. The van der Waals surface area contributed by atoms with Gasteiger partial charge >= 0.3 is 0 Å². The molecule has 0 saturated carbocycles. The molecule has 0 spiro atoms. The zero-order chi connectivity index (χ0) is 20.1. The van der Waals surface area contributed by atoms with Gasteiger partial charge in [0.1, 0.15) is 5.82 Å². The molecule has 3 heteroatoms. The Balaban J connectivity index is 1.73. The second kappa shape index (κ2) is 6.82. The number of anilines is 3. The zero-order valence-corrected chi connectivity index (χ0v) is 17.4. The van der Waals surface area contributed by atoms with Crippen LogP contribution in [0, 0.1) is 6.92 Å². The third kappa shape index (κ3) is 2.59. The van der Waals surface area contributed by atoms with Crippen LogP contribution in [0.1, 0.15) is 5.56 Å². The van der Waals surface area contributed by atoms with E-state index in [1.54, 1.807) is 0 Å². The molecule has 30 heavy (non-hydrogen) atoms. The van der Waals surface area contributed by atoms with E-state index in [2.05, 4.69) is 119 Å². The van der Waals surface area contributed by atoms with Gasteiger partial charge < -0.3 is 4.40 Å². The van der Waals surface area contributed by atoms with Crippen molar-refractivity contribution in [3.05, 3.63) is 109 Å². The van der Waals surface area contributed by atoms with E-state index >= 15 is 0 Å². The molecule has 0 amide bonds. The molecule has 1 aliphatic rings. The van der Waals surface area contributed by atoms with E-state index in [-0.39, 0.29) is 0 Å². The molecule has 3 heterocycles. The molecule has 0 radical (unpaired) electrons. The molecule has 0 aliphatic carbocycles. The van der Waals surface area contributed by atoms with Crippen molar-refractivity contribution in [3.63, 3.8) is 0 Å². The number of nitrogens with zero attached hydrogens (tertiary/aromatic N) is 2. The summed E-state index contributed by atoms with van der Waals surface area (Å²) in [5, 5.41) is 0. The molecule has 1 aliphatic heterocycles. The number of fused-ring (bicyclic) bond motifs is 3. The maximum Gasteiger partial charge on any atom is 0.130 e. The summed E-state index contributed by atoms with van der Waals surface area (Å²) in [6, 6.07) is 34.7. The van der Waals surface area contributed by atoms with Crippen molar-refractivity contribution >= 4 is 34.5 Å². The van der Waals surface area contributed by atoms with Crippen LogP contribution in [0.5, 0.6) is 0 Å². The predicted octanol–water partition coefficient (Wildman–Crippen LogP) is 7.85. The summed E-state index contributed by atoms with van der Waals surface area (Å²) < 4.78 is 2.33. The lowest BCUT2D eigenvalue weighted by molar-refractivity contribution is 1.08. The molecular formula is C27H20N2S. The Labute approximate surface area is 180 Å². The Morgan fingerprint density at radius 3 is 2.00 bits per heavy atom. The first-order valence-corrected chi connectivity index (χ1v) is 10.9. The van der Waals surface area contributed by atoms with Crippen LogP contribution in [0.25, 0.3) is 16.6 Å². The van der Waals surface area contributed by atoms with Gasteiger partial charge in [-0.05, 0) is 54.4 Å². The van der Waals surface area contributed by atoms with E-state index in [4.69, 9.17) is 0 Å². The minimum absolute atomic E-state index is 1.18. The minimum Gasteiger partial charge on any atom is -0.302 e. The Kier molecular flexibility index (Phi) is 3.96. The first-order valence-electron chi connectivity index (χ1n) is 10.1. The van der Waals surface area contributed by atoms with Gasteiger partial charge in [0.2, 0.25) is 0 Å². The van der Waals surface area contributed by atoms with E-state index < -0.39 is 0 Å². The summed E-state index contributed by atoms with van der Waals surface area (Å²) in [5.41, 5.74) is 7.42. The molecule has 0 N–H and O–H groups in total. The van der Waals surface area contributed by atoms with Crippen molar-refractivity contribution in [1.29, 1.82) is 0 Å². The highest BCUT2D eigenvalue weighted by Gasteiger charge is 2.28. The summed E-state index contributed by atoms with van der Waals surface area (Å²) >= 11 is 1.84. The minimum atomic E-state index is 1.18. The Bertz CT molecular complexity index is 1340. The van der Waals surface area contributed by atoms with Crippen molar-refractivity contribution < 1.29 is 0 Å². The van der Waals surface area contributed by atoms with Gasteiger partial charge in [-0.2, -0.15) is 0 Å². The van der Waals surface area contributed by atoms with Crippen molar-refractivity contribution in [1.82, 2.24) is 4.40 Å². The zero-order valence-electron chi connectivity index (χ0n) is 16.6. The van der Waals surface area contributed by atoms with Crippen LogP contribution in [0.4, 0.5) is 17.2 Å². The number of para-hydroxylation sites is 2. The molecule has 3 aromatic carbocycles. The third-order valence-electron chi connectivity index (χ3n) is 5.72. The van der Waals surface area contributed by atoms with E-state index in [0.29, 0.717) is 0 Å². The number of hydrogen-bond acceptors (Lipinski definition) is 2. The smallest absolute Gasteiger partial charge is 0.130 e. The SMILES string of the molecule is Cc1cccn2c(N3c4ccccc4Sc4ccccc43)c(-c3ccccc3)cc12. The standard InChI is InChI=1S/C27H20N2S/c1-19-10-9-17-28-24(19)18-21(20-11-3-2-4-12-20)27(28)29-22-13-5-7-15-25(22)30-26-16-8-6-14-23(26)29/h2-18H,1H3. The first kappa shape index (κ1) is 17.4. The third-order valence-corrected chi connectivity index (χ3v) is 6.85. The van der Waals surface area contributed by atoms with Crippen molar-refractivity contribution in [2.75, 3.05) is 4.90 Å². The topological polar surface area (TPSA) is 7.65 Å². The molecule has 144 valence electrons. The molecule has 6 rings (SSSR count). The lowest BCUT2D eigenvalue weighted by Crippen LogP contribution is -2.17. The summed E-state index contributed by atoms with van der Waals surface area (Å²) in [6.07, 6.45) is 2.18. The molecular weight excluding hydrogens is 384 g/mol. The summed E-state index contributed by atoms with van der Waals surface area (Å²) in [7, 11) is 0. The van der Waals surface area contributed by atoms with Crippen LogP contribution < -0.4 is 4.90 Å². The lowest BCUT2D eigenvalue weighted by atomic mass is 10.1. The van der Waals surface area contributed by atoms with Crippen LogP contribution in [0.3, 0.4) is 0 Å². The Morgan fingerprint density at radius 2 is 1.30 bits per heavy atom. The molecule has 0 fully saturated rings. The van der Waals surface area contributed by atoms with Crippen LogP contribution in [0.2, 0.25) is 0 Å². The van der Waals surface area contributed by atoms with Crippen molar-refractivity contribution in [2.24, 2.45) is 0 Å².